The zero-order valence-electron chi connectivity index (χ0n) is 9.21. The molecule has 0 amide bonds. The van der Waals surface area contributed by atoms with E-state index in [4.69, 9.17) is 0 Å². The van der Waals surface area contributed by atoms with Gasteiger partial charge in [-0.05, 0) is 36.5 Å². The van der Waals surface area contributed by atoms with Gasteiger partial charge >= 0.3 is 0 Å². The van der Waals surface area contributed by atoms with Gasteiger partial charge in [0.15, 0.2) is 0 Å². The number of hydrogen-bond acceptors (Lipinski definition) is 1. The van der Waals surface area contributed by atoms with Crippen molar-refractivity contribution in [3.8, 4) is 0 Å². The van der Waals surface area contributed by atoms with Gasteiger partial charge in [0.2, 0.25) is 0 Å². The number of hydroxylamine groups is 1. The van der Waals surface area contributed by atoms with E-state index >= 15 is 0 Å². The number of rotatable bonds is 4. The van der Waals surface area contributed by atoms with Crippen LogP contribution < -0.4 is 5.06 Å². The lowest BCUT2D eigenvalue weighted by atomic mass is 10.0. The molecular formula is C12H19NO. The summed E-state index contributed by atoms with van der Waals surface area (Å²) in [6.45, 7) is 4.45. The monoisotopic (exact) mass is 193 g/mol. The Bertz CT molecular complexity index is 264. The van der Waals surface area contributed by atoms with E-state index in [9.17, 15) is 5.21 Å². The van der Waals surface area contributed by atoms with Gasteiger partial charge in [-0.2, -0.15) is 0 Å². The Hall–Kier alpha value is -0.860. The lowest BCUT2D eigenvalue weighted by Crippen LogP contribution is -2.98. The molecule has 0 saturated heterocycles. The Labute approximate surface area is 86.1 Å². The first-order valence-electron chi connectivity index (χ1n) is 5.19. The van der Waals surface area contributed by atoms with Crippen LogP contribution in [0.1, 0.15) is 25.8 Å². The summed E-state index contributed by atoms with van der Waals surface area (Å²) in [6, 6.07) is 7.94. The molecule has 14 heavy (non-hydrogen) atoms. The predicted molar refractivity (Wildman–Crippen MR) is 59.5 cm³/mol. The first-order chi connectivity index (χ1) is 6.59. The summed E-state index contributed by atoms with van der Waals surface area (Å²) >= 11 is 0. The van der Waals surface area contributed by atoms with Gasteiger partial charge in [-0.1, -0.05) is 26.0 Å². The Kier molecular flexibility index (Phi) is 4.11. The van der Waals surface area contributed by atoms with Crippen LogP contribution in [0.25, 0.3) is 0 Å². The zero-order valence-corrected chi connectivity index (χ0v) is 9.21. The average Bonchev–Trinajstić information content (AvgIpc) is 2.15. The van der Waals surface area contributed by atoms with Crippen LogP contribution in [0.2, 0.25) is 0 Å². The van der Waals surface area contributed by atoms with Gasteiger partial charge in [0.05, 0.1) is 7.05 Å². The molecule has 1 atom stereocenters. The predicted octanol–water partition coefficient (Wildman–Crippen LogP) is 1.92. The number of nitrogens with one attached hydrogen (secondary N) is 1. The quantitative estimate of drug-likeness (QED) is 0.727. The van der Waals surface area contributed by atoms with Crippen molar-refractivity contribution < 1.29 is 5.06 Å². The smallest absolute Gasteiger partial charge is 0.130 e. The fraction of sp³-hybridized carbons (Fsp3) is 0.500. The molecule has 1 unspecified atom stereocenters. The van der Waals surface area contributed by atoms with Gasteiger partial charge in [0.25, 0.3) is 0 Å². The lowest BCUT2D eigenvalue weighted by Gasteiger charge is -2.15. The highest BCUT2D eigenvalue weighted by Crippen LogP contribution is 2.10. The lowest BCUT2D eigenvalue weighted by molar-refractivity contribution is -0.751. The van der Waals surface area contributed by atoms with Crippen LogP contribution in [0.3, 0.4) is 0 Å². The van der Waals surface area contributed by atoms with Crippen LogP contribution in [0.4, 0.5) is 5.69 Å². The molecule has 78 valence electrons. The fourth-order valence-electron chi connectivity index (χ4n) is 1.36. The Morgan fingerprint density at radius 1 is 1.21 bits per heavy atom. The van der Waals surface area contributed by atoms with E-state index in [-0.39, 0.29) is 5.06 Å². The second kappa shape index (κ2) is 5.13. The van der Waals surface area contributed by atoms with Gasteiger partial charge in [-0.3, -0.25) is 0 Å². The molecule has 2 nitrogen and oxygen atoms in total. The van der Waals surface area contributed by atoms with E-state index in [1.807, 2.05) is 12.1 Å². The first-order valence-corrected chi connectivity index (χ1v) is 5.19. The number of benzene rings is 1. The van der Waals surface area contributed by atoms with E-state index in [2.05, 4.69) is 26.0 Å². The Morgan fingerprint density at radius 3 is 2.21 bits per heavy atom. The largest absolute Gasteiger partial charge is 0.629 e. The third-order valence-electron chi connectivity index (χ3n) is 2.37. The fourth-order valence-corrected chi connectivity index (χ4v) is 1.36. The summed E-state index contributed by atoms with van der Waals surface area (Å²) in [6.07, 6.45) is 2.31. The van der Waals surface area contributed by atoms with Crippen LogP contribution in [0.5, 0.6) is 0 Å². The summed E-state index contributed by atoms with van der Waals surface area (Å²) in [5.41, 5.74) is 2.13. The second-order valence-electron chi connectivity index (χ2n) is 4.19. The second-order valence-corrected chi connectivity index (χ2v) is 4.19. The van der Waals surface area contributed by atoms with Gasteiger partial charge < -0.3 is 10.3 Å². The van der Waals surface area contributed by atoms with Gasteiger partial charge in [-0.25, -0.2) is 0 Å². The molecule has 0 fully saturated rings. The van der Waals surface area contributed by atoms with Crippen molar-refractivity contribution in [2.24, 2.45) is 5.92 Å². The van der Waals surface area contributed by atoms with Crippen LogP contribution >= 0.6 is 0 Å². The minimum absolute atomic E-state index is 0.139. The molecule has 1 aromatic carbocycles. The first kappa shape index (κ1) is 11.2. The number of hydrogen-bond donors (Lipinski definition) is 1. The third kappa shape index (κ3) is 3.48. The summed E-state index contributed by atoms with van der Waals surface area (Å²) in [4.78, 5) is 0. The number of quaternary nitrogens is 1. The van der Waals surface area contributed by atoms with Crippen LogP contribution in [-0.4, -0.2) is 7.05 Å². The van der Waals surface area contributed by atoms with Crippen molar-refractivity contribution in [1.29, 1.82) is 0 Å². The maximum absolute atomic E-state index is 11.0. The maximum Gasteiger partial charge on any atom is 0.130 e. The summed E-state index contributed by atoms with van der Waals surface area (Å²) < 4.78 is 0. The van der Waals surface area contributed by atoms with Crippen molar-refractivity contribution in [3.05, 3.63) is 35.0 Å². The number of aryl methyl sites for hydroxylation is 1. The molecule has 1 rings (SSSR count). The maximum atomic E-state index is 11.0. The Morgan fingerprint density at radius 2 is 1.79 bits per heavy atom. The minimum atomic E-state index is 0.139. The van der Waals surface area contributed by atoms with Crippen LogP contribution in [0, 0.1) is 11.1 Å². The molecule has 0 aliphatic carbocycles. The molecule has 1 N–H and O–H groups in total. The molecule has 0 spiro atoms. The molecule has 0 aliphatic rings. The van der Waals surface area contributed by atoms with Crippen molar-refractivity contribution in [1.82, 2.24) is 0 Å². The van der Waals surface area contributed by atoms with Crippen molar-refractivity contribution >= 4 is 5.69 Å². The van der Waals surface area contributed by atoms with Gasteiger partial charge in [0, 0.05) is 0 Å². The summed E-state index contributed by atoms with van der Waals surface area (Å²) in [5.74, 6) is 0.738. The highest BCUT2D eigenvalue weighted by molar-refractivity contribution is 5.32. The molecule has 0 bridgehead atoms. The van der Waals surface area contributed by atoms with Gasteiger partial charge in [-0.15, -0.1) is 0 Å². The van der Waals surface area contributed by atoms with Crippen molar-refractivity contribution in [2.45, 2.75) is 26.7 Å². The standard InChI is InChI=1S/C12H19NO/c1-10(2)4-5-11-6-8-12(9-7-11)13(3)14/h6-10,13H,4-5H2,1-3H3. The Balaban J connectivity index is 2.55. The topological polar surface area (TPSA) is 27.5 Å². The average molecular weight is 193 g/mol. The third-order valence-corrected chi connectivity index (χ3v) is 2.37. The van der Waals surface area contributed by atoms with E-state index < -0.39 is 0 Å². The van der Waals surface area contributed by atoms with Crippen LogP contribution in [0.15, 0.2) is 24.3 Å². The molecule has 0 saturated carbocycles. The minimum Gasteiger partial charge on any atom is -0.629 e. The highest BCUT2D eigenvalue weighted by Gasteiger charge is 1.99. The molecule has 0 radical (unpaired) electrons. The summed E-state index contributed by atoms with van der Waals surface area (Å²) in [7, 11) is 1.60. The van der Waals surface area contributed by atoms with E-state index in [1.165, 1.54) is 12.0 Å². The molecule has 0 aliphatic heterocycles. The van der Waals surface area contributed by atoms with Crippen molar-refractivity contribution in [2.75, 3.05) is 7.05 Å². The van der Waals surface area contributed by atoms with Gasteiger partial charge in [0.1, 0.15) is 5.69 Å². The normalized spacial score (nSPS) is 13.2. The highest BCUT2D eigenvalue weighted by atomic mass is 16.5. The van der Waals surface area contributed by atoms with Crippen LogP contribution in [-0.2, 0) is 6.42 Å². The summed E-state index contributed by atoms with van der Waals surface area (Å²) in [5, 5.41) is 11.2. The SMILES string of the molecule is CC(C)CCc1ccc([NH+](C)[O-])cc1. The molecule has 2 heteroatoms. The van der Waals surface area contributed by atoms with E-state index in [0.29, 0.717) is 0 Å². The molecule has 0 aromatic heterocycles. The molecule has 0 heterocycles. The zero-order chi connectivity index (χ0) is 10.6. The van der Waals surface area contributed by atoms with E-state index in [0.717, 1.165) is 18.0 Å². The molecule has 1 aromatic rings. The molecular weight excluding hydrogens is 174 g/mol. The van der Waals surface area contributed by atoms with E-state index in [1.54, 1.807) is 7.05 Å². The van der Waals surface area contributed by atoms with Crippen molar-refractivity contribution in [3.63, 3.8) is 0 Å².